The van der Waals surface area contributed by atoms with Crippen LogP contribution in [0.4, 0.5) is 11.4 Å². The molecule has 4 aromatic rings. The van der Waals surface area contributed by atoms with E-state index in [0.29, 0.717) is 33.6 Å². The zero-order chi connectivity index (χ0) is 25.7. The van der Waals surface area contributed by atoms with E-state index in [9.17, 15) is 29.4 Å². The lowest BCUT2D eigenvalue weighted by molar-refractivity contribution is 0.0978. The number of rotatable bonds is 0. The summed E-state index contributed by atoms with van der Waals surface area (Å²) in [5.74, 6) is -1.14. The second-order valence-corrected chi connectivity index (χ2v) is 8.39. The van der Waals surface area contributed by atoms with Crippen LogP contribution in [0.5, 0.6) is 11.5 Å². The summed E-state index contributed by atoms with van der Waals surface area (Å²) >= 11 is 0. The SMILES string of the molecule is Nc1ccc2c(c1)C(=O)c1ccc(N)cc1C2=O.O=C1c2ccc(O)cc2C(=O)c2ccc(O)cc21. The lowest BCUT2D eigenvalue weighted by Crippen LogP contribution is -2.21. The third-order valence-corrected chi connectivity index (χ3v) is 6.05. The number of anilines is 2. The molecule has 8 heteroatoms. The molecule has 0 aromatic heterocycles. The summed E-state index contributed by atoms with van der Waals surface area (Å²) in [5.41, 5.74) is 14.6. The Bertz CT molecular complexity index is 1410. The molecule has 0 saturated heterocycles. The van der Waals surface area contributed by atoms with Gasteiger partial charge in [-0.1, -0.05) is 0 Å². The van der Waals surface area contributed by atoms with E-state index in [4.69, 9.17) is 11.5 Å². The first-order valence-electron chi connectivity index (χ1n) is 10.8. The number of hydrogen-bond acceptors (Lipinski definition) is 8. The third kappa shape index (κ3) is 3.57. The molecule has 0 atom stereocenters. The molecule has 0 bridgehead atoms. The minimum atomic E-state index is -0.324. The van der Waals surface area contributed by atoms with Gasteiger partial charge >= 0.3 is 0 Å². The largest absolute Gasteiger partial charge is 0.508 e. The molecule has 0 spiro atoms. The summed E-state index contributed by atoms with van der Waals surface area (Å²) in [4.78, 5) is 48.9. The van der Waals surface area contributed by atoms with E-state index in [2.05, 4.69) is 0 Å². The number of carbonyl (C=O) groups is 4. The number of hydrogen-bond donors (Lipinski definition) is 4. The van der Waals surface area contributed by atoms with Crippen molar-refractivity contribution in [1.29, 1.82) is 0 Å². The Labute approximate surface area is 204 Å². The number of nitrogen functional groups attached to an aromatic ring is 2. The smallest absolute Gasteiger partial charge is 0.194 e. The average molecular weight is 478 g/mol. The van der Waals surface area contributed by atoms with Gasteiger partial charge in [-0.2, -0.15) is 0 Å². The molecule has 0 fully saturated rings. The topological polar surface area (TPSA) is 161 Å². The van der Waals surface area contributed by atoms with Crippen molar-refractivity contribution in [2.24, 2.45) is 0 Å². The number of phenolic OH excluding ortho intramolecular Hbond substituents is 2. The van der Waals surface area contributed by atoms with Crippen LogP contribution in [-0.4, -0.2) is 33.3 Å². The summed E-state index contributed by atoms with van der Waals surface area (Å²) in [6.45, 7) is 0. The fourth-order valence-corrected chi connectivity index (χ4v) is 4.31. The van der Waals surface area contributed by atoms with Gasteiger partial charge in [-0.05, 0) is 72.8 Å². The van der Waals surface area contributed by atoms with Gasteiger partial charge in [-0.15, -0.1) is 0 Å². The van der Waals surface area contributed by atoms with Crippen molar-refractivity contribution in [3.8, 4) is 11.5 Å². The van der Waals surface area contributed by atoms with Crippen molar-refractivity contribution >= 4 is 34.5 Å². The van der Waals surface area contributed by atoms with E-state index in [1.165, 1.54) is 48.5 Å². The highest BCUT2D eigenvalue weighted by Crippen LogP contribution is 2.32. The number of ketones is 4. The Morgan fingerprint density at radius 1 is 0.389 bits per heavy atom. The van der Waals surface area contributed by atoms with Gasteiger partial charge in [-0.3, -0.25) is 19.2 Å². The number of fused-ring (bicyclic) bond motifs is 4. The molecule has 6 rings (SSSR count). The van der Waals surface area contributed by atoms with Crippen LogP contribution in [0.3, 0.4) is 0 Å². The lowest BCUT2D eigenvalue weighted by atomic mass is 9.83. The van der Waals surface area contributed by atoms with Gasteiger partial charge < -0.3 is 21.7 Å². The average Bonchev–Trinajstić information content (AvgIpc) is 2.86. The maximum absolute atomic E-state index is 12.3. The second-order valence-electron chi connectivity index (χ2n) is 8.39. The fraction of sp³-hybridized carbons (Fsp3) is 0. The lowest BCUT2D eigenvalue weighted by Gasteiger charge is -2.17. The Morgan fingerprint density at radius 3 is 1.00 bits per heavy atom. The normalized spacial score (nSPS) is 13.1. The molecule has 0 heterocycles. The molecular weight excluding hydrogens is 460 g/mol. The number of carbonyl (C=O) groups excluding carboxylic acids is 4. The van der Waals surface area contributed by atoms with E-state index in [-0.39, 0.29) is 56.9 Å². The van der Waals surface area contributed by atoms with Crippen molar-refractivity contribution < 1.29 is 29.4 Å². The van der Waals surface area contributed by atoms with E-state index in [1.807, 2.05) is 0 Å². The predicted octanol–water partition coefficient (Wildman–Crippen LogP) is 3.50. The Hall–Kier alpha value is -5.24. The molecule has 0 amide bonds. The quantitative estimate of drug-likeness (QED) is 0.241. The van der Waals surface area contributed by atoms with Crippen LogP contribution in [0.2, 0.25) is 0 Å². The third-order valence-electron chi connectivity index (χ3n) is 6.05. The van der Waals surface area contributed by atoms with Gasteiger partial charge in [0.15, 0.2) is 23.1 Å². The van der Waals surface area contributed by atoms with Crippen molar-refractivity contribution in [3.05, 3.63) is 117 Å². The molecule has 0 aliphatic heterocycles. The first kappa shape index (κ1) is 22.5. The van der Waals surface area contributed by atoms with Crippen LogP contribution in [0, 0.1) is 0 Å². The highest BCUT2D eigenvalue weighted by atomic mass is 16.3. The molecule has 2 aliphatic rings. The minimum Gasteiger partial charge on any atom is -0.508 e. The van der Waals surface area contributed by atoms with Crippen LogP contribution in [0.1, 0.15) is 63.7 Å². The van der Waals surface area contributed by atoms with Crippen molar-refractivity contribution in [2.75, 3.05) is 11.5 Å². The Morgan fingerprint density at radius 2 is 0.667 bits per heavy atom. The molecule has 4 aromatic carbocycles. The van der Waals surface area contributed by atoms with E-state index < -0.39 is 0 Å². The molecule has 2 aliphatic carbocycles. The van der Waals surface area contributed by atoms with Crippen LogP contribution >= 0.6 is 0 Å². The molecule has 0 radical (unpaired) electrons. The Balaban J connectivity index is 0.000000148. The van der Waals surface area contributed by atoms with Crippen LogP contribution in [0.15, 0.2) is 72.8 Å². The standard InChI is InChI=1S/C14H10N2O2.C14H8O4/c2*15-7-1-3-9-11(5-7)14(18)10-4-2-8(16)6-12(10)13(9)17/h1-6H,15-16H2;1-6,15-16H. The highest BCUT2D eigenvalue weighted by Gasteiger charge is 2.31. The van der Waals surface area contributed by atoms with E-state index in [1.54, 1.807) is 24.3 Å². The van der Waals surface area contributed by atoms with E-state index in [0.717, 1.165) is 0 Å². The van der Waals surface area contributed by atoms with Crippen molar-refractivity contribution in [1.82, 2.24) is 0 Å². The summed E-state index contributed by atoms with van der Waals surface area (Å²) < 4.78 is 0. The summed E-state index contributed by atoms with van der Waals surface area (Å²) in [5, 5.41) is 18.8. The molecule has 0 saturated carbocycles. The van der Waals surface area contributed by atoms with Gasteiger partial charge in [0.25, 0.3) is 0 Å². The first-order chi connectivity index (χ1) is 17.2. The fourth-order valence-electron chi connectivity index (χ4n) is 4.31. The van der Waals surface area contributed by atoms with Gasteiger partial charge in [0.1, 0.15) is 11.5 Å². The van der Waals surface area contributed by atoms with Gasteiger partial charge in [-0.25, -0.2) is 0 Å². The van der Waals surface area contributed by atoms with Crippen LogP contribution < -0.4 is 11.5 Å². The second kappa shape index (κ2) is 8.21. The van der Waals surface area contributed by atoms with Gasteiger partial charge in [0.05, 0.1) is 0 Å². The molecule has 36 heavy (non-hydrogen) atoms. The highest BCUT2D eigenvalue weighted by molar-refractivity contribution is 6.29. The van der Waals surface area contributed by atoms with Gasteiger partial charge in [0, 0.05) is 55.9 Å². The Kier molecular flexibility index (Phi) is 5.14. The van der Waals surface area contributed by atoms with E-state index >= 15 is 0 Å². The summed E-state index contributed by atoms with van der Waals surface area (Å²) in [7, 11) is 0. The number of phenols is 2. The maximum atomic E-state index is 12.3. The van der Waals surface area contributed by atoms with Crippen molar-refractivity contribution in [2.45, 2.75) is 0 Å². The predicted molar refractivity (Wildman–Crippen MR) is 132 cm³/mol. The maximum Gasteiger partial charge on any atom is 0.194 e. The monoisotopic (exact) mass is 478 g/mol. The first-order valence-corrected chi connectivity index (χ1v) is 10.8. The molecular formula is C28H18N2O6. The number of nitrogens with two attached hydrogens (primary N) is 2. The zero-order valence-electron chi connectivity index (χ0n) is 18.6. The molecule has 8 nitrogen and oxygen atoms in total. The molecule has 176 valence electrons. The number of aromatic hydroxyl groups is 2. The summed E-state index contributed by atoms with van der Waals surface area (Å²) in [6, 6.07) is 17.6. The molecule has 0 unspecified atom stereocenters. The van der Waals surface area contributed by atoms with Crippen LogP contribution in [0.25, 0.3) is 0 Å². The minimum absolute atomic E-state index is 0.0582. The summed E-state index contributed by atoms with van der Waals surface area (Å²) in [6.07, 6.45) is 0. The number of benzene rings is 4. The van der Waals surface area contributed by atoms with Crippen LogP contribution in [-0.2, 0) is 0 Å². The van der Waals surface area contributed by atoms with Gasteiger partial charge in [0.2, 0.25) is 0 Å². The zero-order valence-corrected chi connectivity index (χ0v) is 18.6. The molecule has 6 N–H and O–H groups in total. The van der Waals surface area contributed by atoms with Crippen molar-refractivity contribution in [3.63, 3.8) is 0 Å².